The van der Waals surface area contributed by atoms with Gasteiger partial charge in [0.25, 0.3) is 0 Å². The number of rotatable bonds is 0. The lowest BCUT2D eigenvalue weighted by Gasteiger charge is -2.21. The van der Waals surface area contributed by atoms with Crippen LogP contribution in [0.3, 0.4) is 0 Å². The number of benzene rings is 2. The molecule has 0 radical (unpaired) electrons. The first-order chi connectivity index (χ1) is 9.29. The zero-order valence-corrected chi connectivity index (χ0v) is 9.72. The summed E-state index contributed by atoms with van der Waals surface area (Å²) < 4.78 is 18.9. The largest absolute Gasteiger partial charge is 0.453 e. The van der Waals surface area contributed by atoms with Crippen molar-refractivity contribution in [1.82, 2.24) is 9.97 Å². The minimum Gasteiger partial charge on any atom is -0.453 e. The first-order valence-corrected chi connectivity index (χ1v) is 5.79. The van der Waals surface area contributed by atoms with Crippen molar-refractivity contribution in [1.29, 1.82) is 0 Å². The molecule has 92 valence electrons. The second-order valence-electron chi connectivity index (χ2n) is 4.26. The summed E-state index contributed by atoms with van der Waals surface area (Å²) in [6.45, 7) is 0. The molecule has 1 aromatic heterocycles. The number of nitrogens with zero attached hydrogens (tertiary/aromatic N) is 2. The van der Waals surface area contributed by atoms with Crippen molar-refractivity contribution >= 4 is 22.4 Å². The molecule has 4 nitrogen and oxygen atoms in total. The number of hydrogen-bond acceptors (Lipinski definition) is 4. The summed E-state index contributed by atoms with van der Waals surface area (Å²) in [5.41, 5.74) is 2.88. The average Bonchev–Trinajstić information content (AvgIpc) is 2.43. The Kier molecular flexibility index (Phi) is 1.97. The van der Waals surface area contributed by atoms with E-state index in [1.54, 1.807) is 18.5 Å². The molecule has 1 aliphatic rings. The van der Waals surface area contributed by atoms with Crippen LogP contribution in [0.2, 0.25) is 0 Å². The lowest BCUT2D eigenvalue weighted by Crippen LogP contribution is -2.03. The van der Waals surface area contributed by atoms with Crippen LogP contribution in [-0.4, -0.2) is 9.97 Å². The third-order valence-electron chi connectivity index (χ3n) is 3.00. The molecule has 0 bridgehead atoms. The van der Waals surface area contributed by atoms with Gasteiger partial charge in [0.1, 0.15) is 5.82 Å². The van der Waals surface area contributed by atoms with Gasteiger partial charge in [-0.3, -0.25) is 9.97 Å². The van der Waals surface area contributed by atoms with E-state index < -0.39 is 0 Å². The number of halogens is 1. The maximum Gasteiger partial charge on any atom is 0.153 e. The van der Waals surface area contributed by atoms with Gasteiger partial charge in [0.05, 0.1) is 22.4 Å². The molecule has 2 aromatic carbocycles. The van der Waals surface area contributed by atoms with E-state index in [-0.39, 0.29) is 5.82 Å². The Balaban J connectivity index is 1.90. The molecule has 5 heteroatoms. The maximum atomic E-state index is 13.2. The summed E-state index contributed by atoms with van der Waals surface area (Å²) in [5.74, 6) is 0.947. The average molecular weight is 253 g/mol. The van der Waals surface area contributed by atoms with Crippen LogP contribution in [0.4, 0.5) is 15.8 Å². The van der Waals surface area contributed by atoms with Crippen LogP contribution in [-0.2, 0) is 0 Å². The van der Waals surface area contributed by atoms with Crippen LogP contribution in [0.5, 0.6) is 11.5 Å². The van der Waals surface area contributed by atoms with Crippen molar-refractivity contribution in [2.45, 2.75) is 0 Å². The highest BCUT2D eigenvalue weighted by molar-refractivity contribution is 5.86. The van der Waals surface area contributed by atoms with E-state index in [2.05, 4.69) is 15.3 Å². The van der Waals surface area contributed by atoms with Gasteiger partial charge in [0, 0.05) is 24.5 Å². The summed E-state index contributed by atoms with van der Waals surface area (Å²) in [6.07, 6.45) is 3.26. The highest BCUT2D eigenvalue weighted by atomic mass is 19.1. The second kappa shape index (κ2) is 3.65. The maximum absolute atomic E-state index is 13.2. The molecule has 0 fully saturated rings. The number of nitrogens with one attached hydrogen (secondary N) is 1. The monoisotopic (exact) mass is 253 g/mol. The van der Waals surface area contributed by atoms with Crippen molar-refractivity contribution in [3.05, 3.63) is 48.5 Å². The molecular formula is C14H8FN3O. The highest BCUT2D eigenvalue weighted by Crippen LogP contribution is 2.43. The van der Waals surface area contributed by atoms with Gasteiger partial charge in [0.15, 0.2) is 11.5 Å². The van der Waals surface area contributed by atoms with Crippen molar-refractivity contribution in [2.75, 3.05) is 5.32 Å². The van der Waals surface area contributed by atoms with Crippen LogP contribution >= 0.6 is 0 Å². The van der Waals surface area contributed by atoms with Crippen LogP contribution in [0.1, 0.15) is 0 Å². The van der Waals surface area contributed by atoms with E-state index in [4.69, 9.17) is 4.74 Å². The van der Waals surface area contributed by atoms with Gasteiger partial charge in [-0.05, 0) is 18.2 Å². The first kappa shape index (κ1) is 10.3. The molecule has 3 aromatic rings. The number of aromatic nitrogens is 2. The minimum absolute atomic E-state index is 0.307. The standard InChI is InChI=1S/C14H8FN3O/c15-8-1-2-13-11(5-8)18-12-6-9-10(7-14(12)19-13)17-4-3-16-9/h1-7,18H. The summed E-state index contributed by atoms with van der Waals surface area (Å²) >= 11 is 0. The van der Waals surface area contributed by atoms with Crippen molar-refractivity contribution in [3.8, 4) is 11.5 Å². The molecule has 0 amide bonds. The Morgan fingerprint density at radius 3 is 2.47 bits per heavy atom. The van der Waals surface area contributed by atoms with Gasteiger partial charge < -0.3 is 10.1 Å². The van der Waals surface area contributed by atoms with Gasteiger partial charge in [-0.2, -0.15) is 0 Å². The summed E-state index contributed by atoms with van der Waals surface area (Å²) in [6, 6.07) is 8.02. The SMILES string of the molecule is Fc1ccc2c(c1)Nc1cc3nccnc3cc1O2. The Labute approximate surface area is 107 Å². The lowest BCUT2D eigenvalue weighted by atomic mass is 10.2. The second-order valence-corrected chi connectivity index (χ2v) is 4.26. The number of fused-ring (bicyclic) bond motifs is 3. The summed E-state index contributed by atoms with van der Waals surface area (Å²) in [5, 5.41) is 3.14. The minimum atomic E-state index is -0.307. The Morgan fingerprint density at radius 1 is 0.895 bits per heavy atom. The normalized spacial score (nSPS) is 12.3. The van der Waals surface area contributed by atoms with Crippen LogP contribution < -0.4 is 10.1 Å². The molecule has 0 aliphatic carbocycles. The summed E-state index contributed by atoms with van der Waals surface area (Å²) in [7, 11) is 0. The quantitative estimate of drug-likeness (QED) is 0.520. The molecule has 19 heavy (non-hydrogen) atoms. The van der Waals surface area contributed by atoms with Gasteiger partial charge in [-0.25, -0.2) is 4.39 Å². The van der Waals surface area contributed by atoms with Crippen molar-refractivity contribution < 1.29 is 9.13 Å². The Morgan fingerprint density at radius 2 is 1.63 bits per heavy atom. The molecular weight excluding hydrogens is 245 g/mol. The van der Waals surface area contributed by atoms with E-state index >= 15 is 0 Å². The van der Waals surface area contributed by atoms with E-state index in [1.165, 1.54) is 12.1 Å². The van der Waals surface area contributed by atoms with Gasteiger partial charge >= 0.3 is 0 Å². The fourth-order valence-electron chi connectivity index (χ4n) is 2.13. The smallest absolute Gasteiger partial charge is 0.153 e. The molecule has 0 saturated heterocycles. The predicted octanol–water partition coefficient (Wildman–Crippen LogP) is 3.62. The molecule has 0 spiro atoms. The number of anilines is 2. The van der Waals surface area contributed by atoms with E-state index in [0.717, 1.165) is 16.7 Å². The Hall–Kier alpha value is -2.69. The van der Waals surface area contributed by atoms with Crippen LogP contribution in [0.25, 0.3) is 11.0 Å². The zero-order valence-electron chi connectivity index (χ0n) is 9.72. The third kappa shape index (κ3) is 1.59. The molecule has 0 unspecified atom stereocenters. The van der Waals surface area contributed by atoms with Crippen molar-refractivity contribution in [3.63, 3.8) is 0 Å². The molecule has 0 saturated carbocycles. The Bertz CT molecular complexity index is 804. The third-order valence-corrected chi connectivity index (χ3v) is 3.00. The molecule has 0 atom stereocenters. The van der Waals surface area contributed by atoms with E-state index in [0.29, 0.717) is 17.2 Å². The van der Waals surface area contributed by atoms with Crippen molar-refractivity contribution in [2.24, 2.45) is 0 Å². The first-order valence-electron chi connectivity index (χ1n) is 5.79. The van der Waals surface area contributed by atoms with E-state index in [1.807, 2.05) is 12.1 Å². The van der Waals surface area contributed by atoms with Crippen LogP contribution in [0, 0.1) is 5.82 Å². The number of ether oxygens (including phenoxy) is 1. The predicted molar refractivity (Wildman–Crippen MR) is 69.3 cm³/mol. The fourth-order valence-corrected chi connectivity index (χ4v) is 2.13. The van der Waals surface area contributed by atoms with Gasteiger partial charge in [0.2, 0.25) is 0 Å². The summed E-state index contributed by atoms with van der Waals surface area (Å²) in [4.78, 5) is 8.46. The van der Waals surface area contributed by atoms with E-state index in [9.17, 15) is 4.39 Å². The fraction of sp³-hybridized carbons (Fsp3) is 0. The lowest BCUT2D eigenvalue weighted by molar-refractivity contribution is 0.479. The number of hydrogen-bond donors (Lipinski definition) is 1. The molecule has 2 heterocycles. The highest BCUT2D eigenvalue weighted by Gasteiger charge is 2.18. The molecule has 1 aliphatic heterocycles. The topological polar surface area (TPSA) is 47.0 Å². The molecule has 4 rings (SSSR count). The zero-order chi connectivity index (χ0) is 12.8. The van der Waals surface area contributed by atoms with Gasteiger partial charge in [-0.15, -0.1) is 0 Å². The van der Waals surface area contributed by atoms with Gasteiger partial charge in [-0.1, -0.05) is 0 Å². The van der Waals surface area contributed by atoms with Crippen LogP contribution in [0.15, 0.2) is 42.7 Å². The molecule has 1 N–H and O–H groups in total.